The lowest BCUT2D eigenvalue weighted by Gasteiger charge is -2.33. The van der Waals surface area contributed by atoms with Crippen molar-refractivity contribution in [3.05, 3.63) is 12.7 Å². The summed E-state index contributed by atoms with van der Waals surface area (Å²) in [6, 6.07) is 0. The summed E-state index contributed by atoms with van der Waals surface area (Å²) in [4.78, 5) is 12.5. The molecular formula is C14H21N5O. The zero-order valence-electron chi connectivity index (χ0n) is 12.0. The van der Waals surface area contributed by atoms with E-state index in [1.807, 2.05) is 4.57 Å². The second kappa shape index (κ2) is 5.36. The number of anilines is 1. The number of nitrogen functional groups attached to an aromatic ring is 1. The second-order valence-electron chi connectivity index (χ2n) is 5.79. The minimum atomic E-state index is -0.0368. The SMILES string of the molecule is CO[C@H](CCC1CC(C)C1)n1cnc2c(N)ncnc21. The molecule has 2 aromatic heterocycles. The van der Waals surface area contributed by atoms with Gasteiger partial charge in [-0.3, -0.25) is 4.57 Å². The molecule has 0 bridgehead atoms. The summed E-state index contributed by atoms with van der Waals surface area (Å²) in [5.74, 6) is 2.15. The van der Waals surface area contributed by atoms with Crippen LogP contribution in [0.2, 0.25) is 0 Å². The van der Waals surface area contributed by atoms with Gasteiger partial charge in [0.25, 0.3) is 0 Å². The largest absolute Gasteiger partial charge is 0.382 e. The summed E-state index contributed by atoms with van der Waals surface area (Å²) >= 11 is 0. The first kappa shape index (κ1) is 13.3. The molecule has 1 fully saturated rings. The molecule has 1 aliphatic rings. The first-order chi connectivity index (χ1) is 9.69. The molecule has 6 nitrogen and oxygen atoms in total. The Morgan fingerprint density at radius 2 is 2.20 bits per heavy atom. The van der Waals surface area contributed by atoms with E-state index in [1.54, 1.807) is 13.4 Å². The Balaban J connectivity index is 1.75. The van der Waals surface area contributed by atoms with Gasteiger partial charge in [0.1, 0.15) is 18.1 Å². The monoisotopic (exact) mass is 275 g/mol. The smallest absolute Gasteiger partial charge is 0.167 e. The van der Waals surface area contributed by atoms with Crippen LogP contribution in [-0.4, -0.2) is 26.6 Å². The number of imidazole rings is 1. The van der Waals surface area contributed by atoms with Crippen molar-refractivity contribution < 1.29 is 4.74 Å². The third-order valence-corrected chi connectivity index (χ3v) is 4.26. The van der Waals surface area contributed by atoms with Gasteiger partial charge in [-0.1, -0.05) is 6.92 Å². The lowest BCUT2D eigenvalue weighted by molar-refractivity contribution is 0.0275. The summed E-state index contributed by atoms with van der Waals surface area (Å²) in [5.41, 5.74) is 7.20. The van der Waals surface area contributed by atoms with Crippen LogP contribution in [0.1, 0.15) is 38.8 Å². The van der Waals surface area contributed by atoms with Gasteiger partial charge in [0.2, 0.25) is 0 Å². The Bertz CT molecular complexity index is 590. The number of ether oxygens (including phenoxy) is 1. The van der Waals surface area contributed by atoms with Gasteiger partial charge < -0.3 is 10.5 Å². The van der Waals surface area contributed by atoms with Crippen LogP contribution in [0.3, 0.4) is 0 Å². The van der Waals surface area contributed by atoms with Gasteiger partial charge in [-0.05, 0) is 37.5 Å². The molecule has 2 heterocycles. The van der Waals surface area contributed by atoms with Gasteiger partial charge in [-0.25, -0.2) is 15.0 Å². The zero-order valence-corrected chi connectivity index (χ0v) is 12.0. The van der Waals surface area contributed by atoms with Crippen molar-refractivity contribution >= 4 is 17.0 Å². The van der Waals surface area contributed by atoms with E-state index in [-0.39, 0.29) is 6.23 Å². The molecule has 0 aromatic carbocycles. The third kappa shape index (κ3) is 2.35. The predicted molar refractivity (Wildman–Crippen MR) is 76.9 cm³/mol. The molecule has 0 aliphatic heterocycles. The summed E-state index contributed by atoms with van der Waals surface area (Å²) < 4.78 is 7.56. The fourth-order valence-corrected chi connectivity index (χ4v) is 3.13. The van der Waals surface area contributed by atoms with Crippen LogP contribution < -0.4 is 5.73 Å². The summed E-state index contributed by atoms with van der Waals surface area (Å²) in [5, 5.41) is 0. The topological polar surface area (TPSA) is 78.9 Å². The highest BCUT2D eigenvalue weighted by atomic mass is 16.5. The molecule has 3 rings (SSSR count). The van der Waals surface area contributed by atoms with Crippen molar-refractivity contribution in [3.8, 4) is 0 Å². The maximum atomic E-state index is 5.81. The van der Waals surface area contributed by atoms with Crippen molar-refractivity contribution in [1.29, 1.82) is 0 Å². The number of hydrogen-bond donors (Lipinski definition) is 1. The molecule has 108 valence electrons. The van der Waals surface area contributed by atoms with Crippen molar-refractivity contribution in [2.24, 2.45) is 11.8 Å². The van der Waals surface area contributed by atoms with E-state index in [9.17, 15) is 0 Å². The molecule has 0 unspecified atom stereocenters. The minimum Gasteiger partial charge on any atom is -0.382 e. The van der Waals surface area contributed by atoms with E-state index in [0.29, 0.717) is 11.3 Å². The Morgan fingerprint density at radius 3 is 2.90 bits per heavy atom. The zero-order chi connectivity index (χ0) is 14.1. The van der Waals surface area contributed by atoms with Gasteiger partial charge in [-0.2, -0.15) is 0 Å². The maximum absolute atomic E-state index is 5.81. The summed E-state index contributed by atoms with van der Waals surface area (Å²) in [6.07, 6.45) is 8.02. The Labute approximate surface area is 118 Å². The molecule has 0 radical (unpaired) electrons. The van der Waals surface area contributed by atoms with E-state index in [2.05, 4.69) is 21.9 Å². The molecule has 1 aliphatic carbocycles. The molecule has 1 saturated carbocycles. The predicted octanol–water partition coefficient (Wildman–Crippen LogP) is 2.38. The standard InChI is InChI=1S/C14H21N5O/c1-9-5-10(6-9)3-4-11(20-2)19-8-18-12-13(15)16-7-17-14(12)19/h7-11H,3-6H2,1-2H3,(H2,15,16,17)/t9?,10?,11-/m1/s1. The number of nitrogens with two attached hydrogens (primary N) is 1. The van der Waals surface area contributed by atoms with Crippen molar-refractivity contribution in [2.75, 3.05) is 12.8 Å². The first-order valence-electron chi connectivity index (χ1n) is 7.14. The molecule has 0 saturated heterocycles. The third-order valence-electron chi connectivity index (χ3n) is 4.26. The van der Waals surface area contributed by atoms with Crippen LogP contribution in [0.5, 0.6) is 0 Å². The Hall–Kier alpha value is -1.69. The molecule has 2 N–H and O–H groups in total. The van der Waals surface area contributed by atoms with Crippen molar-refractivity contribution in [2.45, 2.75) is 38.8 Å². The van der Waals surface area contributed by atoms with Gasteiger partial charge >= 0.3 is 0 Å². The fourth-order valence-electron chi connectivity index (χ4n) is 3.13. The van der Waals surface area contributed by atoms with Gasteiger partial charge in [0.15, 0.2) is 11.5 Å². The summed E-state index contributed by atoms with van der Waals surface area (Å²) in [7, 11) is 1.73. The van der Waals surface area contributed by atoms with E-state index < -0.39 is 0 Å². The van der Waals surface area contributed by atoms with E-state index in [4.69, 9.17) is 10.5 Å². The van der Waals surface area contributed by atoms with E-state index in [0.717, 1.165) is 23.9 Å². The average Bonchev–Trinajstić information content (AvgIpc) is 2.83. The maximum Gasteiger partial charge on any atom is 0.167 e. The number of fused-ring (bicyclic) bond motifs is 1. The highest BCUT2D eigenvalue weighted by Gasteiger charge is 2.26. The van der Waals surface area contributed by atoms with Crippen LogP contribution >= 0.6 is 0 Å². The minimum absolute atomic E-state index is 0.0368. The first-order valence-corrected chi connectivity index (χ1v) is 7.14. The normalized spacial score (nSPS) is 23.7. The molecule has 0 amide bonds. The average molecular weight is 275 g/mol. The van der Waals surface area contributed by atoms with E-state index in [1.165, 1.54) is 25.6 Å². The van der Waals surface area contributed by atoms with Crippen LogP contribution in [0.25, 0.3) is 11.2 Å². The second-order valence-corrected chi connectivity index (χ2v) is 5.79. The molecule has 20 heavy (non-hydrogen) atoms. The highest BCUT2D eigenvalue weighted by molar-refractivity contribution is 5.81. The van der Waals surface area contributed by atoms with Gasteiger partial charge in [0.05, 0.1) is 6.33 Å². The lowest BCUT2D eigenvalue weighted by Crippen LogP contribution is -2.22. The Kier molecular flexibility index (Phi) is 3.56. The number of hydrogen-bond acceptors (Lipinski definition) is 5. The lowest BCUT2D eigenvalue weighted by atomic mass is 9.74. The Morgan fingerprint density at radius 1 is 1.40 bits per heavy atom. The molecule has 2 aromatic rings. The highest BCUT2D eigenvalue weighted by Crippen LogP contribution is 2.37. The van der Waals surface area contributed by atoms with Gasteiger partial charge in [0, 0.05) is 7.11 Å². The molecule has 6 heteroatoms. The number of nitrogens with zero attached hydrogens (tertiary/aromatic N) is 4. The summed E-state index contributed by atoms with van der Waals surface area (Å²) in [6.45, 7) is 2.31. The van der Waals surface area contributed by atoms with Crippen LogP contribution in [0.4, 0.5) is 5.82 Å². The molecule has 0 spiro atoms. The van der Waals surface area contributed by atoms with Crippen LogP contribution in [0.15, 0.2) is 12.7 Å². The van der Waals surface area contributed by atoms with Crippen molar-refractivity contribution in [1.82, 2.24) is 19.5 Å². The van der Waals surface area contributed by atoms with E-state index >= 15 is 0 Å². The quantitative estimate of drug-likeness (QED) is 0.906. The molecule has 1 atom stereocenters. The fraction of sp³-hybridized carbons (Fsp3) is 0.643. The number of methoxy groups -OCH3 is 1. The number of rotatable bonds is 5. The van der Waals surface area contributed by atoms with Crippen LogP contribution in [-0.2, 0) is 4.74 Å². The van der Waals surface area contributed by atoms with Crippen LogP contribution in [0, 0.1) is 11.8 Å². The van der Waals surface area contributed by atoms with Gasteiger partial charge in [-0.15, -0.1) is 0 Å². The molecular weight excluding hydrogens is 254 g/mol. The van der Waals surface area contributed by atoms with Crippen molar-refractivity contribution in [3.63, 3.8) is 0 Å². The number of aromatic nitrogens is 4.